The van der Waals surface area contributed by atoms with Crippen LogP contribution in [0.1, 0.15) is 5.56 Å². The van der Waals surface area contributed by atoms with E-state index in [1.165, 1.54) is 10.7 Å². The Balaban J connectivity index is 1.96. The van der Waals surface area contributed by atoms with E-state index in [0.717, 1.165) is 5.56 Å². The number of aryl methyl sites for hydroxylation is 1. The summed E-state index contributed by atoms with van der Waals surface area (Å²) in [4.78, 5) is 11.7. The lowest BCUT2D eigenvalue weighted by Crippen LogP contribution is -2.30. The Kier molecular flexibility index (Phi) is 5.62. The molecule has 1 heterocycles. The number of methoxy groups -OCH3 is 1. The molecule has 0 fully saturated rings. The molecule has 2 rings (SSSR count). The monoisotopic (exact) mass is 306 g/mol. The number of carbonyl (C=O) groups is 1. The van der Waals surface area contributed by atoms with Gasteiger partial charge in [-0.15, -0.1) is 0 Å². The van der Waals surface area contributed by atoms with Crippen LogP contribution in [0.2, 0.25) is 0 Å². The van der Waals surface area contributed by atoms with Crippen molar-refractivity contribution in [1.82, 2.24) is 15.1 Å². The molecule has 0 spiro atoms. The predicted octanol–water partition coefficient (Wildman–Crippen LogP) is 1.49. The summed E-state index contributed by atoms with van der Waals surface area (Å²) in [6.07, 6.45) is 3.39. The Morgan fingerprint density at radius 1 is 1.45 bits per heavy atom. The highest BCUT2D eigenvalue weighted by Gasteiger charge is 2.08. The fourth-order valence-corrected chi connectivity index (χ4v) is 1.90. The van der Waals surface area contributed by atoms with Gasteiger partial charge in [-0.25, -0.2) is 9.07 Å². The number of nitrogens with zero attached hydrogens (tertiary/aromatic N) is 2. The zero-order valence-corrected chi connectivity index (χ0v) is 12.6. The van der Waals surface area contributed by atoms with Crippen molar-refractivity contribution in [2.45, 2.75) is 6.92 Å². The predicted molar refractivity (Wildman–Crippen MR) is 81.6 cm³/mol. The second-order valence-corrected chi connectivity index (χ2v) is 4.85. The van der Waals surface area contributed by atoms with E-state index in [2.05, 4.69) is 15.7 Å². The molecule has 0 unspecified atom stereocenters. The lowest BCUT2D eigenvalue weighted by atomic mass is 10.2. The third-order valence-corrected chi connectivity index (χ3v) is 2.96. The molecule has 0 saturated heterocycles. The summed E-state index contributed by atoms with van der Waals surface area (Å²) in [5, 5.41) is 9.61. The van der Waals surface area contributed by atoms with Crippen LogP contribution in [-0.2, 0) is 9.53 Å². The minimum atomic E-state index is -0.451. The maximum Gasteiger partial charge on any atom is 0.238 e. The number of amides is 1. The van der Waals surface area contributed by atoms with E-state index in [1.54, 1.807) is 31.6 Å². The molecule has 0 atom stereocenters. The van der Waals surface area contributed by atoms with Gasteiger partial charge in [0.2, 0.25) is 5.91 Å². The van der Waals surface area contributed by atoms with Crippen LogP contribution in [0.3, 0.4) is 0 Å². The number of rotatable bonds is 7. The Labute approximate surface area is 128 Å². The van der Waals surface area contributed by atoms with Gasteiger partial charge in [0.1, 0.15) is 5.69 Å². The maximum atomic E-state index is 14.1. The standard InChI is InChI=1S/C15H19FN4O2/c1-11-8-18-20(10-11)14-4-3-12(7-13(14)16)19-15(21)9-17-5-6-22-2/h3-4,7-8,10,17H,5-6,9H2,1-2H3,(H,19,21). The Hall–Kier alpha value is -2.25. The summed E-state index contributed by atoms with van der Waals surface area (Å²) in [5.41, 5.74) is 1.69. The van der Waals surface area contributed by atoms with Gasteiger partial charge >= 0.3 is 0 Å². The van der Waals surface area contributed by atoms with Gasteiger partial charge in [0.15, 0.2) is 5.82 Å². The first kappa shape index (κ1) is 16.1. The molecule has 0 saturated carbocycles. The molecule has 0 aliphatic rings. The van der Waals surface area contributed by atoms with E-state index >= 15 is 0 Å². The normalized spacial score (nSPS) is 10.7. The number of halogens is 1. The number of hydrogen-bond donors (Lipinski definition) is 2. The minimum absolute atomic E-state index is 0.144. The lowest BCUT2D eigenvalue weighted by molar-refractivity contribution is -0.115. The first-order valence-electron chi connectivity index (χ1n) is 6.91. The summed E-state index contributed by atoms with van der Waals surface area (Å²) >= 11 is 0. The SMILES string of the molecule is COCCNCC(=O)Nc1ccc(-n2cc(C)cn2)c(F)c1. The first-order valence-corrected chi connectivity index (χ1v) is 6.91. The first-order chi connectivity index (χ1) is 10.6. The van der Waals surface area contributed by atoms with Gasteiger partial charge in [-0.2, -0.15) is 5.10 Å². The van der Waals surface area contributed by atoms with Gasteiger partial charge in [-0.3, -0.25) is 4.79 Å². The fraction of sp³-hybridized carbons (Fsp3) is 0.333. The van der Waals surface area contributed by atoms with Crippen molar-refractivity contribution in [1.29, 1.82) is 0 Å². The molecule has 0 bridgehead atoms. The molecule has 2 N–H and O–H groups in total. The highest BCUT2D eigenvalue weighted by Crippen LogP contribution is 2.18. The molecule has 6 nitrogen and oxygen atoms in total. The third-order valence-electron chi connectivity index (χ3n) is 2.96. The number of aromatic nitrogens is 2. The van der Waals surface area contributed by atoms with Crippen molar-refractivity contribution in [3.05, 3.63) is 42.0 Å². The Morgan fingerprint density at radius 2 is 2.27 bits per heavy atom. The third kappa shape index (κ3) is 4.37. The van der Waals surface area contributed by atoms with Gasteiger partial charge in [0, 0.05) is 25.5 Å². The molecule has 0 aliphatic carbocycles. The number of nitrogens with one attached hydrogen (secondary N) is 2. The van der Waals surface area contributed by atoms with Crippen molar-refractivity contribution in [3.63, 3.8) is 0 Å². The Bertz CT molecular complexity index is 642. The van der Waals surface area contributed by atoms with Crippen LogP contribution >= 0.6 is 0 Å². The number of benzene rings is 1. The number of anilines is 1. The van der Waals surface area contributed by atoms with Crippen LogP contribution < -0.4 is 10.6 Å². The zero-order chi connectivity index (χ0) is 15.9. The molecular formula is C15H19FN4O2. The van der Waals surface area contributed by atoms with E-state index in [0.29, 0.717) is 24.5 Å². The quantitative estimate of drug-likeness (QED) is 0.761. The van der Waals surface area contributed by atoms with E-state index < -0.39 is 5.82 Å². The van der Waals surface area contributed by atoms with Gasteiger partial charge < -0.3 is 15.4 Å². The molecule has 22 heavy (non-hydrogen) atoms. The smallest absolute Gasteiger partial charge is 0.238 e. The van der Waals surface area contributed by atoms with Crippen molar-refractivity contribution < 1.29 is 13.9 Å². The van der Waals surface area contributed by atoms with Crippen molar-refractivity contribution in [2.75, 3.05) is 32.1 Å². The molecule has 1 amide bonds. The lowest BCUT2D eigenvalue weighted by Gasteiger charge is -2.09. The summed E-state index contributed by atoms with van der Waals surface area (Å²) < 4.78 is 20.4. The van der Waals surface area contributed by atoms with E-state index in [-0.39, 0.29) is 12.5 Å². The molecule has 0 aliphatic heterocycles. The molecule has 2 aromatic rings. The number of hydrogen-bond acceptors (Lipinski definition) is 4. The molecule has 118 valence electrons. The molecule has 1 aromatic heterocycles. The molecule has 7 heteroatoms. The van der Waals surface area contributed by atoms with Gasteiger partial charge in [-0.1, -0.05) is 0 Å². The fourth-order valence-electron chi connectivity index (χ4n) is 1.90. The summed E-state index contributed by atoms with van der Waals surface area (Å²) in [7, 11) is 1.59. The summed E-state index contributed by atoms with van der Waals surface area (Å²) in [5.74, 6) is -0.688. The number of ether oxygens (including phenoxy) is 1. The topological polar surface area (TPSA) is 68.2 Å². The molecule has 0 radical (unpaired) electrons. The van der Waals surface area contributed by atoms with E-state index in [1.807, 2.05) is 6.92 Å². The molecular weight excluding hydrogens is 287 g/mol. The molecule has 1 aromatic carbocycles. The van der Waals surface area contributed by atoms with Crippen LogP contribution in [-0.4, -0.2) is 42.5 Å². The van der Waals surface area contributed by atoms with E-state index in [4.69, 9.17) is 4.74 Å². The van der Waals surface area contributed by atoms with Crippen LogP contribution in [0.4, 0.5) is 10.1 Å². The highest BCUT2D eigenvalue weighted by atomic mass is 19.1. The zero-order valence-electron chi connectivity index (χ0n) is 12.6. The minimum Gasteiger partial charge on any atom is -0.383 e. The van der Waals surface area contributed by atoms with E-state index in [9.17, 15) is 9.18 Å². The van der Waals surface area contributed by atoms with Crippen molar-refractivity contribution in [3.8, 4) is 5.69 Å². The van der Waals surface area contributed by atoms with Gasteiger partial charge in [-0.05, 0) is 30.7 Å². The van der Waals surface area contributed by atoms with Gasteiger partial charge in [0.05, 0.1) is 19.3 Å². The Morgan fingerprint density at radius 3 is 2.91 bits per heavy atom. The van der Waals surface area contributed by atoms with Crippen molar-refractivity contribution in [2.24, 2.45) is 0 Å². The van der Waals surface area contributed by atoms with Gasteiger partial charge in [0.25, 0.3) is 0 Å². The maximum absolute atomic E-state index is 14.1. The summed E-state index contributed by atoms with van der Waals surface area (Å²) in [6, 6.07) is 4.50. The average molecular weight is 306 g/mol. The average Bonchev–Trinajstić information content (AvgIpc) is 2.90. The van der Waals surface area contributed by atoms with Crippen molar-refractivity contribution >= 4 is 11.6 Å². The van der Waals surface area contributed by atoms with Crippen LogP contribution in [0.25, 0.3) is 5.69 Å². The van der Waals surface area contributed by atoms with Crippen LogP contribution in [0, 0.1) is 12.7 Å². The second-order valence-electron chi connectivity index (χ2n) is 4.85. The summed E-state index contributed by atoms with van der Waals surface area (Å²) in [6.45, 7) is 3.13. The van der Waals surface area contributed by atoms with Crippen LogP contribution in [0.15, 0.2) is 30.6 Å². The largest absolute Gasteiger partial charge is 0.383 e. The highest BCUT2D eigenvalue weighted by molar-refractivity contribution is 5.92. The second kappa shape index (κ2) is 7.67. The number of carbonyl (C=O) groups excluding carboxylic acids is 1. The van der Waals surface area contributed by atoms with Crippen LogP contribution in [0.5, 0.6) is 0 Å².